The second-order valence-electron chi connectivity index (χ2n) is 5.46. The second-order valence-corrected chi connectivity index (χ2v) is 6.83. The van der Waals surface area contributed by atoms with E-state index in [9.17, 15) is 4.21 Å². The largest absolute Gasteiger partial charge is 1.00 e. The Bertz CT molecular complexity index is 933. The number of aryl methyl sites for hydroxylation is 1. The van der Waals surface area contributed by atoms with E-state index in [1.165, 1.54) is 0 Å². The van der Waals surface area contributed by atoms with E-state index in [2.05, 4.69) is 15.0 Å². The van der Waals surface area contributed by atoms with Crippen molar-refractivity contribution in [2.24, 2.45) is 0 Å². The van der Waals surface area contributed by atoms with Gasteiger partial charge in [0.1, 0.15) is 11.5 Å². The molecule has 0 saturated carbocycles. The normalized spacial score (nSPS) is 11.8. The van der Waals surface area contributed by atoms with Gasteiger partial charge in [0.15, 0.2) is 5.16 Å². The zero-order chi connectivity index (χ0) is 17.3. The maximum absolute atomic E-state index is 12.7. The van der Waals surface area contributed by atoms with Crippen LogP contribution in [0.25, 0.3) is 11.0 Å². The molecule has 1 aromatic carbocycles. The molecule has 0 bridgehead atoms. The summed E-state index contributed by atoms with van der Waals surface area (Å²) in [6, 6.07) is 5.50. The molecule has 1 N–H and O–H groups in total. The Morgan fingerprint density at radius 1 is 1.24 bits per heavy atom. The fourth-order valence-electron chi connectivity index (χ4n) is 2.61. The first-order chi connectivity index (χ1) is 11.5. The first-order valence-electron chi connectivity index (χ1n) is 7.44. The van der Waals surface area contributed by atoms with Crippen LogP contribution in [-0.2, 0) is 16.6 Å². The summed E-state index contributed by atoms with van der Waals surface area (Å²) in [7, 11) is 1.91. The summed E-state index contributed by atoms with van der Waals surface area (Å²) in [6.07, 6.45) is 1.74. The summed E-state index contributed by atoms with van der Waals surface area (Å²) < 4.78 is 23.3. The van der Waals surface area contributed by atoms with Gasteiger partial charge in [-0.05, 0) is 26.0 Å². The molecule has 0 amide bonds. The maximum atomic E-state index is 12.7. The molecule has 2 aromatic heterocycles. The summed E-state index contributed by atoms with van der Waals surface area (Å²) in [4.78, 5) is 11.9. The fraction of sp³-hybridized carbons (Fsp3) is 0.294. The molecule has 1 atom stereocenters. The molecule has 0 fully saturated rings. The number of nitrogens with zero attached hydrogens (tertiary/aromatic N) is 2. The number of pyridine rings is 1. The van der Waals surface area contributed by atoms with Gasteiger partial charge in [-0.1, -0.05) is 0 Å². The first kappa shape index (κ1) is 19.9. The van der Waals surface area contributed by atoms with Crippen LogP contribution in [0.5, 0.6) is 11.5 Å². The monoisotopic (exact) mass is 369 g/mol. The van der Waals surface area contributed by atoms with Crippen LogP contribution in [0.4, 0.5) is 0 Å². The minimum Gasteiger partial charge on any atom is -1.00 e. The Morgan fingerprint density at radius 3 is 2.68 bits per heavy atom. The van der Waals surface area contributed by atoms with Crippen molar-refractivity contribution >= 4 is 21.8 Å². The molecule has 3 aromatic rings. The third-order valence-corrected chi connectivity index (χ3v) is 5.06. The summed E-state index contributed by atoms with van der Waals surface area (Å²) in [5, 5.41) is 0.430. The zero-order valence-corrected chi connectivity index (χ0v) is 17.9. The van der Waals surface area contributed by atoms with Crippen molar-refractivity contribution in [1.29, 1.82) is 0 Å². The number of ether oxygens (including phenoxy) is 2. The van der Waals surface area contributed by atoms with Crippen molar-refractivity contribution in [2.45, 2.75) is 24.8 Å². The molecule has 8 heteroatoms. The van der Waals surface area contributed by atoms with Crippen LogP contribution in [0, 0.1) is 13.8 Å². The predicted octanol–water partition coefficient (Wildman–Crippen LogP) is 0.0162. The van der Waals surface area contributed by atoms with E-state index in [-0.39, 0.29) is 36.7 Å². The summed E-state index contributed by atoms with van der Waals surface area (Å²) in [6.45, 7) is 3.86. The van der Waals surface area contributed by atoms with Gasteiger partial charge in [-0.25, -0.2) is 4.98 Å². The zero-order valence-electron chi connectivity index (χ0n) is 16.0. The van der Waals surface area contributed by atoms with E-state index < -0.39 is 10.8 Å². The molecule has 3 rings (SSSR count). The van der Waals surface area contributed by atoms with Gasteiger partial charge in [-0.3, -0.25) is 9.19 Å². The van der Waals surface area contributed by atoms with Gasteiger partial charge in [-0.15, -0.1) is 0 Å². The van der Waals surface area contributed by atoms with Gasteiger partial charge in [0, 0.05) is 23.4 Å². The van der Waals surface area contributed by atoms with Crippen LogP contribution >= 0.6 is 0 Å². The van der Waals surface area contributed by atoms with Crippen LogP contribution in [-0.4, -0.2) is 33.4 Å². The standard InChI is InChI=1S/C17H19N3O3S.Na.H/c1-10-8-18-15(11(2)16(10)23-4)9-24(21)17-19-13-6-5-12(22-3)7-14(13)20-17;;/h5-8H,9H2,1-4H3,(H,19,20);;/q;+1;-1. The number of benzene rings is 1. The topological polar surface area (TPSA) is 77.1 Å². The Kier molecular flexibility index (Phi) is 6.62. The Labute approximate surface area is 172 Å². The van der Waals surface area contributed by atoms with Gasteiger partial charge in [0.2, 0.25) is 0 Å². The van der Waals surface area contributed by atoms with Gasteiger partial charge >= 0.3 is 29.6 Å². The molecule has 1 unspecified atom stereocenters. The summed E-state index contributed by atoms with van der Waals surface area (Å²) in [5.74, 6) is 1.79. The van der Waals surface area contributed by atoms with Crippen molar-refractivity contribution in [3.63, 3.8) is 0 Å². The number of hydrogen-bond acceptors (Lipinski definition) is 5. The fourth-order valence-corrected chi connectivity index (χ4v) is 3.71. The number of nitrogens with one attached hydrogen (secondary N) is 1. The molecule has 0 aliphatic rings. The molecular formula is C17H20N3NaO3S. The van der Waals surface area contributed by atoms with Gasteiger partial charge in [0.05, 0.1) is 47.5 Å². The van der Waals surface area contributed by atoms with Crippen molar-refractivity contribution < 1.29 is 44.7 Å². The van der Waals surface area contributed by atoms with Crippen molar-refractivity contribution in [3.8, 4) is 11.5 Å². The van der Waals surface area contributed by atoms with E-state index in [4.69, 9.17) is 9.47 Å². The molecule has 25 heavy (non-hydrogen) atoms. The Hall–Kier alpha value is -1.41. The van der Waals surface area contributed by atoms with Crippen LogP contribution in [0.15, 0.2) is 29.6 Å². The minimum absolute atomic E-state index is 0. The van der Waals surface area contributed by atoms with Crippen molar-refractivity contribution in [3.05, 3.63) is 41.2 Å². The Balaban J connectivity index is 0.00000169. The number of fused-ring (bicyclic) bond motifs is 1. The number of methoxy groups -OCH3 is 2. The van der Waals surface area contributed by atoms with Gasteiger partial charge in [-0.2, -0.15) is 0 Å². The van der Waals surface area contributed by atoms with Crippen LogP contribution in [0.2, 0.25) is 0 Å². The van der Waals surface area contributed by atoms with Gasteiger partial charge in [0.25, 0.3) is 0 Å². The molecule has 128 valence electrons. The molecular weight excluding hydrogens is 349 g/mol. The molecule has 2 heterocycles. The van der Waals surface area contributed by atoms with Crippen molar-refractivity contribution in [2.75, 3.05) is 14.2 Å². The van der Waals surface area contributed by atoms with E-state index in [0.29, 0.717) is 5.16 Å². The van der Waals surface area contributed by atoms with E-state index in [0.717, 1.165) is 39.4 Å². The quantitative estimate of drug-likeness (QED) is 0.642. The smallest absolute Gasteiger partial charge is 1.00 e. The van der Waals surface area contributed by atoms with E-state index in [1.54, 1.807) is 20.4 Å². The number of rotatable bonds is 5. The third-order valence-electron chi connectivity index (χ3n) is 3.90. The number of aromatic amines is 1. The molecule has 0 aliphatic carbocycles. The van der Waals surface area contributed by atoms with E-state index in [1.807, 2.05) is 32.0 Å². The predicted molar refractivity (Wildman–Crippen MR) is 94.1 cm³/mol. The number of H-pyrrole nitrogens is 1. The second kappa shape index (κ2) is 8.31. The number of aromatic nitrogens is 3. The molecule has 0 radical (unpaired) electrons. The average Bonchev–Trinajstić information content (AvgIpc) is 3.01. The molecule has 0 aliphatic heterocycles. The minimum atomic E-state index is -1.33. The van der Waals surface area contributed by atoms with Crippen LogP contribution in [0.3, 0.4) is 0 Å². The summed E-state index contributed by atoms with van der Waals surface area (Å²) in [5.41, 5.74) is 4.16. The first-order valence-corrected chi connectivity index (χ1v) is 8.76. The molecule has 0 saturated heterocycles. The average molecular weight is 369 g/mol. The van der Waals surface area contributed by atoms with Crippen molar-refractivity contribution in [1.82, 2.24) is 15.0 Å². The third kappa shape index (κ3) is 4.06. The number of imidazole rings is 1. The Morgan fingerprint density at radius 2 is 2.00 bits per heavy atom. The summed E-state index contributed by atoms with van der Waals surface area (Å²) >= 11 is 0. The molecule has 6 nitrogen and oxygen atoms in total. The van der Waals surface area contributed by atoms with Crippen LogP contribution in [0.1, 0.15) is 18.2 Å². The van der Waals surface area contributed by atoms with E-state index >= 15 is 0 Å². The SMILES string of the molecule is COc1ccc2nc(S(=O)Cc3ncc(C)c(OC)c3C)[nH]c2c1.[H-].[Na+]. The van der Waals surface area contributed by atoms with Gasteiger partial charge < -0.3 is 15.9 Å². The molecule has 0 spiro atoms. The van der Waals surface area contributed by atoms with Crippen LogP contribution < -0.4 is 39.0 Å². The maximum Gasteiger partial charge on any atom is 1.00 e. The number of hydrogen-bond donors (Lipinski definition) is 1.